The van der Waals surface area contributed by atoms with E-state index in [1.54, 1.807) is 0 Å². The van der Waals surface area contributed by atoms with Gasteiger partial charge in [0.05, 0.1) is 11.0 Å². The molecular formula is C19H27N3O. The summed E-state index contributed by atoms with van der Waals surface area (Å²) in [6.07, 6.45) is 6.40. The van der Waals surface area contributed by atoms with Gasteiger partial charge >= 0.3 is 5.69 Å². The Labute approximate surface area is 137 Å². The molecule has 1 saturated heterocycles. The average Bonchev–Trinajstić information content (AvgIpc) is 3.11. The molecule has 2 fully saturated rings. The maximum Gasteiger partial charge on any atom is 0.326 e. The van der Waals surface area contributed by atoms with Gasteiger partial charge in [0, 0.05) is 25.7 Å². The standard InChI is InChI=1S/C19H27N3O/c1-14-5-4-6-15(14)13-21-11-9-16(10-12-21)22-18-8-3-2-7-17(18)20-19(22)23/h2-3,7-8,14-16H,4-6,9-13H2,1H3,(H,20,23). The number of nitrogens with one attached hydrogen (secondary N) is 1. The molecule has 0 spiro atoms. The first-order valence-corrected chi connectivity index (χ1v) is 9.14. The Morgan fingerprint density at radius 1 is 1.13 bits per heavy atom. The van der Waals surface area contributed by atoms with E-state index < -0.39 is 0 Å². The smallest absolute Gasteiger partial charge is 0.306 e. The van der Waals surface area contributed by atoms with Gasteiger partial charge in [-0.1, -0.05) is 31.9 Å². The van der Waals surface area contributed by atoms with Gasteiger partial charge in [-0.15, -0.1) is 0 Å². The number of rotatable bonds is 3. The largest absolute Gasteiger partial charge is 0.326 e. The molecule has 1 aromatic heterocycles. The zero-order chi connectivity index (χ0) is 15.8. The highest BCUT2D eigenvalue weighted by Gasteiger charge is 2.28. The van der Waals surface area contributed by atoms with Crippen LogP contribution in [-0.4, -0.2) is 34.1 Å². The Hall–Kier alpha value is -1.55. The van der Waals surface area contributed by atoms with E-state index in [2.05, 4.69) is 22.9 Å². The maximum atomic E-state index is 12.3. The van der Waals surface area contributed by atoms with Crippen molar-refractivity contribution in [2.75, 3.05) is 19.6 Å². The summed E-state index contributed by atoms with van der Waals surface area (Å²) in [5.41, 5.74) is 2.06. The molecule has 1 saturated carbocycles. The Balaban J connectivity index is 1.45. The lowest BCUT2D eigenvalue weighted by molar-refractivity contribution is 0.152. The molecule has 23 heavy (non-hydrogen) atoms. The number of fused-ring (bicyclic) bond motifs is 1. The molecule has 4 nitrogen and oxygen atoms in total. The summed E-state index contributed by atoms with van der Waals surface area (Å²) in [6.45, 7) is 5.92. The van der Waals surface area contributed by atoms with Crippen LogP contribution in [-0.2, 0) is 0 Å². The van der Waals surface area contributed by atoms with E-state index in [1.165, 1.54) is 25.8 Å². The Morgan fingerprint density at radius 2 is 1.91 bits per heavy atom. The van der Waals surface area contributed by atoms with Crippen molar-refractivity contribution < 1.29 is 0 Å². The molecule has 2 heterocycles. The predicted molar refractivity (Wildman–Crippen MR) is 93.8 cm³/mol. The summed E-state index contributed by atoms with van der Waals surface area (Å²) >= 11 is 0. The fraction of sp³-hybridized carbons (Fsp3) is 0.632. The van der Waals surface area contributed by atoms with Gasteiger partial charge in [-0.3, -0.25) is 4.57 Å². The second-order valence-corrected chi connectivity index (χ2v) is 7.52. The van der Waals surface area contributed by atoms with Crippen LogP contribution in [0.4, 0.5) is 0 Å². The third kappa shape index (κ3) is 2.85. The van der Waals surface area contributed by atoms with E-state index in [1.807, 2.05) is 22.8 Å². The quantitative estimate of drug-likeness (QED) is 0.943. The number of piperidine rings is 1. The molecule has 2 aliphatic rings. The Bertz CT molecular complexity index is 724. The molecular weight excluding hydrogens is 286 g/mol. The number of benzene rings is 1. The van der Waals surface area contributed by atoms with Crippen molar-refractivity contribution in [2.45, 2.75) is 45.1 Å². The van der Waals surface area contributed by atoms with Crippen LogP contribution in [0.3, 0.4) is 0 Å². The fourth-order valence-electron chi connectivity index (χ4n) is 4.62. The highest BCUT2D eigenvalue weighted by atomic mass is 16.1. The van der Waals surface area contributed by atoms with Gasteiger partial charge in [0.2, 0.25) is 0 Å². The lowest BCUT2D eigenvalue weighted by Gasteiger charge is -2.34. The van der Waals surface area contributed by atoms with Crippen LogP contribution in [0, 0.1) is 11.8 Å². The topological polar surface area (TPSA) is 41.0 Å². The van der Waals surface area contributed by atoms with Gasteiger partial charge in [0.25, 0.3) is 0 Å². The van der Waals surface area contributed by atoms with Crippen molar-refractivity contribution in [1.82, 2.24) is 14.5 Å². The van der Waals surface area contributed by atoms with Crippen LogP contribution in [0.1, 0.15) is 45.1 Å². The van der Waals surface area contributed by atoms with Crippen molar-refractivity contribution >= 4 is 11.0 Å². The minimum atomic E-state index is 0.0501. The minimum Gasteiger partial charge on any atom is -0.306 e. The number of hydrogen-bond acceptors (Lipinski definition) is 2. The molecule has 1 aliphatic carbocycles. The third-order valence-electron chi connectivity index (χ3n) is 6.08. The van der Waals surface area contributed by atoms with E-state index in [0.29, 0.717) is 6.04 Å². The van der Waals surface area contributed by atoms with Crippen molar-refractivity contribution in [1.29, 1.82) is 0 Å². The van der Waals surface area contributed by atoms with Crippen LogP contribution in [0.2, 0.25) is 0 Å². The maximum absolute atomic E-state index is 12.3. The second-order valence-electron chi connectivity index (χ2n) is 7.52. The van der Waals surface area contributed by atoms with Crippen molar-refractivity contribution in [3.63, 3.8) is 0 Å². The van der Waals surface area contributed by atoms with Gasteiger partial charge in [0.1, 0.15) is 0 Å². The van der Waals surface area contributed by atoms with Gasteiger partial charge < -0.3 is 9.88 Å². The van der Waals surface area contributed by atoms with E-state index >= 15 is 0 Å². The van der Waals surface area contributed by atoms with E-state index in [9.17, 15) is 4.79 Å². The molecule has 0 amide bonds. The molecule has 4 heteroatoms. The van der Waals surface area contributed by atoms with Crippen LogP contribution in [0.15, 0.2) is 29.1 Å². The molecule has 1 N–H and O–H groups in total. The average molecular weight is 313 g/mol. The number of aromatic nitrogens is 2. The normalized spacial score (nSPS) is 27.0. The molecule has 124 valence electrons. The summed E-state index contributed by atoms with van der Waals surface area (Å²) in [5.74, 6) is 1.78. The molecule has 0 bridgehead atoms. The van der Waals surface area contributed by atoms with Crippen LogP contribution >= 0.6 is 0 Å². The van der Waals surface area contributed by atoms with Crippen LogP contribution < -0.4 is 5.69 Å². The molecule has 1 aromatic carbocycles. The molecule has 4 rings (SSSR count). The fourth-order valence-corrected chi connectivity index (χ4v) is 4.62. The first-order chi connectivity index (χ1) is 11.2. The van der Waals surface area contributed by atoms with E-state index in [0.717, 1.165) is 48.8 Å². The first-order valence-electron chi connectivity index (χ1n) is 9.14. The van der Waals surface area contributed by atoms with Crippen LogP contribution in [0.5, 0.6) is 0 Å². The highest BCUT2D eigenvalue weighted by Crippen LogP contribution is 2.33. The lowest BCUT2D eigenvalue weighted by Crippen LogP contribution is -2.39. The Kier molecular flexibility index (Phi) is 4.02. The van der Waals surface area contributed by atoms with Crippen molar-refractivity contribution in [3.05, 3.63) is 34.7 Å². The molecule has 2 atom stereocenters. The summed E-state index contributed by atoms with van der Waals surface area (Å²) < 4.78 is 1.99. The van der Waals surface area contributed by atoms with E-state index in [4.69, 9.17) is 0 Å². The molecule has 0 radical (unpaired) electrons. The number of likely N-dealkylation sites (tertiary alicyclic amines) is 1. The number of imidazole rings is 1. The van der Waals surface area contributed by atoms with Crippen LogP contribution in [0.25, 0.3) is 11.0 Å². The molecule has 2 aromatic rings. The number of H-pyrrole nitrogens is 1. The second kappa shape index (κ2) is 6.16. The van der Waals surface area contributed by atoms with Gasteiger partial charge in [-0.25, -0.2) is 4.79 Å². The number of hydrogen-bond donors (Lipinski definition) is 1. The number of aromatic amines is 1. The number of nitrogens with zero attached hydrogens (tertiary/aromatic N) is 2. The van der Waals surface area contributed by atoms with Gasteiger partial charge in [0.15, 0.2) is 0 Å². The number of para-hydroxylation sites is 2. The zero-order valence-corrected chi connectivity index (χ0v) is 14.0. The lowest BCUT2D eigenvalue weighted by atomic mass is 9.96. The van der Waals surface area contributed by atoms with Crippen molar-refractivity contribution in [2.24, 2.45) is 11.8 Å². The van der Waals surface area contributed by atoms with Gasteiger partial charge in [-0.05, 0) is 43.2 Å². The first kappa shape index (κ1) is 15.0. The Morgan fingerprint density at radius 3 is 2.65 bits per heavy atom. The van der Waals surface area contributed by atoms with E-state index in [-0.39, 0.29) is 5.69 Å². The minimum absolute atomic E-state index is 0.0501. The molecule has 2 unspecified atom stereocenters. The predicted octanol–water partition coefficient (Wildman–Crippen LogP) is 3.40. The third-order valence-corrected chi connectivity index (χ3v) is 6.08. The van der Waals surface area contributed by atoms with Gasteiger partial charge in [-0.2, -0.15) is 0 Å². The summed E-state index contributed by atoms with van der Waals surface area (Å²) in [4.78, 5) is 18.0. The summed E-state index contributed by atoms with van der Waals surface area (Å²) in [6, 6.07) is 8.39. The molecule has 1 aliphatic heterocycles. The highest BCUT2D eigenvalue weighted by molar-refractivity contribution is 5.75. The van der Waals surface area contributed by atoms with Crippen molar-refractivity contribution in [3.8, 4) is 0 Å². The summed E-state index contributed by atoms with van der Waals surface area (Å²) in [7, 11) is 0. The SMILES string of the molecule is CC1CCCC1CN1CCC(n2c(=O)[nH]c3ccccc32)CC1. The summed E-state index contributed by atoms with van der Waals surface area (Å²) in [5, 5.41) is 0. The monoisotopic (exact) mass is 313 g/mol. The zero-order valence-electron chi connectivity index (χ0n) is 14.0.